The van der Waals surface area contributed by atoms with Crippen LogP contribution in [0.1, 0.15) is 5.56 Å². The molecule has 0 saturated heterocycles. The van der Waals surface area contributed by atoms with Crippen molar-refractivity contribution in [2.24, 2.45) is 0 Å². The number of nitrogens with zero attached hydrogens (tertiary/aromatic N) is 1. The molecule has 0 saturated carbocycles. The second kappa shape index (κ2) is 4.36. The van der Waals surface area contributed by atoms with Crippen LogP contribution in [0.3, 0.4) is 0 Å². The summed E-state index contributed by atoms with van der Waals surface area (Å²) in [6.07, 6.45) is -2.94. The van der Waals surface area contributed by atoms with Crippen LogP contribution in [0.25, 0.3) is 0 Å². The van der Waals surface area contributed by atoms with E-state index in [9.17, 15) is 17.2 Å². The molecule has 1 aromatic carbocycles. The van der Waals surface area contributed by atoms with E-state index in [1.54, 1.807) is 6.07 Å². The van der Waals surface area contributed by atoms with Gasteiger partial charge < -0.3 is 0 Å². The van der Waals surface area contributed by atoms with Crippen LogP contribution < -0.4 is 0 Å². The van der Waals surface area contributed by atoms with Gasteiger partial charge in [-0.15, -0.1) is 0 Å². The first kappa shape index (κ1) is 11.6. The number of hydrogen-bond acceptors (Lipinski definition) is 3. The first-order chi connectivity index (χ1) is 6.97. The van der Waals surface area contributed by atoms with Crippen molar-refractivity contribution in [1.82, 2.24) is 0 Å². The minimum Gasteiger partial charge on any atom is -0.223 e. The number of hydrogen-bond donors (Lipinski definition) is 0. The summed E-state index contributed by atoms with van der Waals surface area (Å²) in [5.74, 6) is -1.26. The van der Waals surface area contributed by atoms with Crippen molar-refractivity contribution in [2.75, 3.05) is 5.75 Å². The Labute approximate surface area is 85.9 Å². The predicted octanol–water partition coefficient (Wildman–Crippen LogP) is 1.60. The first-order valence-electron chi connectivity index (χ1n) is 3.97. The van der Waals surface area contributed by atoms with Crippen LogP contribution in [0.4, 0.5) is 8.78 Å². The lowest BCUT2D eigenvalue weighted by atomic mass is 10.2. The highest BCUT2D eigenvalue weighted by atomic mass is 32.2. The maximum absolute atomic E-state index is 12.0. The van der Waals surface area contributed by atoms with Crippen LogP contribution in [-0.2, 0) is 9.84 Å². The highest BCUT2D eigenvalue weighted by molar-refractivity contribution is 7.91. The zero-order valence-corrected chi connectivity index (χ0v) is 8.34. The van der Waals surface area contributed by atoms with Crippen molar-refractivity contribution >= 4 is 9.84 Å². The van der Waals surface area contributed by atoms with Crippen LogP contribution in [0.2, 0.25) is 0 Å². The molecule has 0 aliphatic heterocycles. The Morgan fingerprint density at radius 2 is 1.93 bits per heavy atom. The zero-order valence-electron chi connectivity index (χ0n) is 7.52. The SMILES string of the molecule is N#Cc1ccccc1S(=O)(=O)CC(F)F. The van der Waals surface area contributed by atoms with Crippen LogP contribution in [-0.4, -0.2) is 20.6 Å². The highest BCUT2D eigenvalue weighted by Crippen LogP contribution is 2.17. The van der Waals surface area contributed by atoms with Gasteiger partial charge in [0.15, 0.2) is 9.84 Å². The fourth-order valence-corrected chi connectivity index (χ4v) is 2.33. The molecule has 0 heterocycles. The van der Waals surface area contributed by atoms with Gasteiger partial charge in [0, 0.05) is 0 Å². The molecule has 0 atom stereocenters. The van der Waals surface area contributed by atoms with Crippen LogP contribution >= 0.6 is 0 Å². The van der Waals surface area contributed by atoms with E-state index >= 15 is 0 Å². The second-order valence-electron chi connectivity index (χ2n) is 2.78. The third-order valence-corrected chi connectivity index (χ3v) is 3.40. The van der Waals surface area contributed by atoms with E-state index in [0.29, 0.717) is 0 Å². The van der Waals surface area contributed by atoms with E-state index in [4.69, 9.17) is 5.26 Å². The summed E-state index contributed by atoms with van der Waals surface area (Å²) in [7, 11) is -4.07. The Morgan fingerprint density at radius 1 is 1.33 bits per heavy atom. The molecule has 1 aromatic rings. The maximum Gasteiger partial charge on any atom is 0.252 e. The molecule has 0 fully saturated rings. The number of sulfone groups is 1. The molecule has 3 nitrogen and oxygen atoms in total. The third-order valence-electron chi connectivity index (χ3n) is 1.69. The van der Waals surface area contributed by atoms with Gasteiger partial charge >= 0.3 is 0 Å². The lowest BCUT2D eigenvalue weighted by Crippen LogP contribution is -2.14. The quantitative estimate of drug-likeness (QED) is 0.793. The van der Waals surface area contributed by atoms with Gasteiger partial charge in [0.05, 0.1) is 10.5 Å². The molecule has 0 unspecified atom stereocenters. The summed E-state index contributed by atoms with van der Waals surface area (Å²) in [4.78, 5) is -0.340. The van der Waals surface area contributed by atoms with Crippen LogP contribution in [0.15, 0.2) is 29.2 Å². The Morgan fingerprint density at radius 3 is 2.47 bits per heavy atom. The molecule has 0 spiro atoms. The molecular formula is C9H7F2NO2S. The van der Waals surface area contributed by atoms with Gasteiger partial charge in [0.1, 0.15) is 11.8 Å². The average molecular weight is 231 g/mol. The summed E-state index contributed by atoms with van der Waals surface area (Å²) < 4.78 is 46.8. The molecule has 0 amide bonds. The third kappa shape index (κ3) is 2.73. The maximum atomic E-state index is 12.0. The van der Waals surface area contributed by atoms with E-state index in [0.717, 1.165) is 6.07 Å². The van der Waals surface area contributed by atoms with Gasteiger partial charge in [0.25, 0.3) is 6.43 Å². The van der Waals surface area contributed by atoms with E-state index in [1.165, 1.54) is 18.2 Å². The minimum absolute atomic E-state index is 0.113. The van der Waals surface area contributed by atoms with Crippen molar-refractivity contribution in [3.8, 4) is 6.07 Å². The van der Waals surface area contributed by atoms with Gasteiger partial charge in [-0.1, -0.05) is 12.1 Å². The molecule has 0 aliphatic carbocycles. The molecule has 80 valence electrons. The fraction of sp³-hybridized carbons (Fsp3) is 0.222. The lowest BCUT2D eigenvalue weighted by molar-refractivity contribution is 0.174. The van der Waals surface area contributed by atoms with Gasteiger partial charge in [0.2, 0.25) is 0 Å². The van der Waals surface area contributed by atoms with E-state index in [-0.39, 0.29) is 10.5 Å². The summed E-state index contributed by atoms with van der Waals surface area (Å²) in [5.41, 5.74) is -0.113. The Balaban J connectivity index is 3.23. The number of benzene rings is 1. The van der Waals surface area contributed by atoms with Gasteiger partial charge in [-0.05, 0) is 12.1 Å². The number of alkyl halides is 2. The molecule has 0 bridgehead atoms. The molecule has 6 heteroatoms. The second-order valence-corrected chi connectivity index (χ2v) is 4.78. The predicted molar refractivity (Wildman–Crippen MR) is 49.2 cm³/mol. The summed E-state index contributed by atoms with van der Waals surface area (Å²) in [6.45, 7) is 0. The largest absolute Gasteiger partial charge is 0.252 e. The molecular weight excluding hydrogens is 224 g/mol. The zero-order chi connectivity index (χ0) is 11.5. The van der Waals surface area contributed by atoms with Gasteiger partial charge in [-0.25, -0.2) is 17.2 Å². The highest BCUT2D eigenvalue weighted by Gasteiger charge is 2.22. The summed E-state index contributed by atoms with van der Waals surface area (Å²) >= 11 is 0. The normalized spacial score (nSPS) is 11.3. The van der Waals surface area contributed by atoms with E-state index < -0.39 is 22.0 Å². The van der Waals surface area contributed by atoms with Crippen molar-refractivity contribution in [3.05, 3.63) is 29.8 Å². The molecule has 0 aliphatic rings. The smallest absolute Gasteiger partial charge is 0.223 e. The van der Waals surface area contributed by atoms with Crippen LogP contribution in [0, 0.1) is 11.3 Å². The van der Waals surface area contributed by atoms with Crippen molar-refractivity contribution in [2.45, 2.75) is 11.3 Å². The fourth-order valence-electron chi connectivity index (χ4n) is 1.09. The summed E-state index contributed by atoms with van der Waals surface area (Å²) in [5, 5.41) is 8.61. The van der Waals surface area contributed by atoms with Crippen molar-refractivity contribution in [1.29, 1.82) is 5.26 Å². The summed E-state index contributed by atoms with van der Waals surface area (Å²) in [6, 6.07) is 6.94. The standard InChI is InChI=1S/C9H7F2NO2S/c10-9(11)6-15(13,14)8-4-2-1-3-7(8)5-12/h1-4,9H,6H2. The molecule has 0 radical (unpaired) electrons. The van der Waals surface area contributed by atoms with Gasteiger partial charge in [-0.2, -0.15) is 5.26 Å². The Kier molecular flexibility index (Phi) is 3.37. The van der Waals surface area contributed by atoms with E-state index in [2.05, 4.69) is 0 Å². The topological polar surface area (TPSA) is 57.9 Å². The van der Waals surface area contributed by atoms with E-state index in [1.807, 2.05) is 0 Å². The molecule has 0 N–H and O–H groups in total. The van der Waals surface area contributed by atoms with Crippen molar-refractivity contribution < 1.29 is 17.2 Å². The van der Waals surface area contributed by atoms with Crippen LogP contribution in [0.5, 0.6) is 0 Å². The average Bonchev–Trinajstić information content (AvgIpc) is 2.16. The monoisotopic (exact) mass is 231 g/mol. The number of halogens is 2. The molecule has 15 heavy (non-hydrogen) atoms. The molecule has 1 rings (SSSR count). The lowest BCUT2D eigenvalue weighted by Gasteiger charge is -2.04. The molecule has 0 aromatic heterocycles. The number of nitriles is 1. The minimum atomic E-state index is -4.07. The Hall–Kier alpha value is -1.48. The number of rotatable bonds is 3. The first-order valence-corrected chi connectivity index (χ1v) is 5.62. The van der Waals surface area contributed by atoms with Crippen molar-refractivity contribution in [3.63, 3.8) is 0 Å². The Bertz CT molecular complexity index is 491. The van der Waals surface area contributed by atoms with Gasteiger partial charge in [-0.3, -0.25) is 0 Å².